The van der Waals surface area contributed by atoms with Crippen molar-refractivity contribution in [3.63, 3.8) is 0 Å². The lowest BCUT2D eigenvalue weighted by Crippen LogP contribution is -2.46. The van der Waals surface area contributed by atoms with E-state index in [1.807, 2.05) is 0 Å². The lowest BCUT2D eigenvalue weighted by atomic mass is 9.99. The Labute approximate surface area is 119 Å². The monoisotopic (exact) mass is 288 g/mol. The molecule has 6 nitrogen and oxygen atoms in total. The van der Waals surface area contributed by atoms with Crippen molar-refractivity contribution in [2.45, 2.75) is 65.5 Å². The van der Waals surface area contributed by atoms with Crippen LogP contribution in [0, 0.1) is 0 Å². The van der Waals surface area contributed by atoms with Crippen LogP contribution in [0.15, 0.2) is 0 Å². The second-order valence-corrected chi connectivity index (χ2v) is 5.20. The molecule has 0 aliphatic heterocycles. The van der Waals surface area contributed by atoms with Crippen LogP contribution in [0.4, 0.5) is 0 Å². The van der Waals surface area contributed by atoms with E-state index in [-0.39, 0.29) is 11.6 Å². The highest BCUT2D eigenvalue weighted by Crippen LogP contribution is 2.18. The number of rotatable bonds is 8. The van der Waals surface area contributed by atoms with Crippen molar-refractivity contribution in [2.24, 2.45) is 0 Å². The molecule has 20 heavy (non-hydrogen) atoms. The first-order valence-electron chi connectivity index (χ1n) is 6.48. The molecule has 3 atom stereocenters. The normalized spacial score (nSPS) is 16.1. The van der Waals surface area contributed by atoms with Gasteiger partial charge in [-0.15, -0.1) is 0 Å². The lowest BCUT2D eigenvalue weighted by molar-refractivity contribution is -0.177. The van der Waals surface area contributed by atoms with E-state index in [4.69, 9.17) is 14.2 Å². The fourth-order valence-electron chi connectivity index (χ4n) is 1.50. The largest absolute Gasteiger partial charge is 0.453 e. The molecule has 0 saturated heterocycles. The summed E-state index contributed by atoms with van der Waals surface area (Å²) in [6, 6.07) is 0. The number of esters is 1. The van der Waals surface area contributed by atoms with Gasteiger partial charge in [0.1, 0.15) is 11.7 Å². The Morgan fingerprint density at radius 3 is 1.85 bits per heavy atom. The predicted molar refractivity (Wildman–Crippen MR) is 72.3 cm³/mol. The average Bonchev–Trinajstić information content (AvgIpc) is 2.35. The second-order valence-electron chi connectivity index (χ2n) is 5.20. The van der Waals surface area contributed by atoms with Crippen molar-refractivity contribution in [1.29, 1.82) is 0 Å². The fraction of sp³-hybridized carbons (Fsp3) is 0.786. The highest BCUT2D eigenvalue weighted by Gasteiger charge is 2.36. The first-order chi connectivity index (χ1) is 9.02. The summed E-state index contributed by atoms with van der Waals surface area (Å²) in [6.45, 7) is 9.01. The molecule has 6 heteroatoms. The van der Waals surface area contributed by atoms with Crippen molar-refractivity contribution in [2.75, 3.05) is 7.11 Å². The number of Topliss-reactive ketones (excluding diaryl/α,β-unsaturated/α-hetero) is 2. The molecule has 0 aromatic rings. The Kier molecular flexibility index (Phi) is 7.02. The third kappa shape index (κ3) is 5.38. The summed E-state index contributed by atoms with van der Waals surface area (Å²) in [7, 11) is 1.42. The molecule has 0 bridgehead atoms. The highest BCUT2D eigenvalue weighted by molar-refractivity contribution is 5.90. The number of ketones is 2. The van der Waals surface area contributed by atoms with E-state index < -0.39 is 29.9 Å². The van der Waals surface area contributed by atoms with Gasteiger partial charge in [0, 0.05) is 7.11 Å². The van der Waals surface area contributed by atoms with E-state index in [1.54, 1.807) is 20.8 Å². The van der Waals surface area contributed by atoms with Gasteiger partial charge in [0.15, 0.2) is 23.8 Å². The third-order valence-corrected chi connectivity index (χ3v) is 2.98. The Morgan fingerprint density at radius 1 is 0.950 bits per heavy atom. The Morgan fingerprint density at radius 2 is 1.45 bits per heavy atom. The van der Waals surface area contributed by atoms with Gasteiger partial charge in [0.25, 0.3) is 0 Å². The molecule has 3 unspecified atom stereocenters. The summed E-state index contributed by atoms with van der Waals surface area (Å²) in [4.78, 5) is 34.8. The zero-order valence-electron chi connectivity index (χ0n) is 13.2. The number of hydrogen-bond donors (Lipinski definition) is 0. The highest BCUT2D eigenvalue weighted by atomic mass is 16.6. The zero-order chi connectivity index (χ0) is 16.1. The maximum atomic E-state index is 12.0. The molecular weight excluding hydrogens is 264 g/mol. The van der Waals surface area contributed by atoms with Crippen LogP contribution in [0.3, 0.4) is 0 Å². The van der Waals surface area contributed by atoms with Gasteiger partial charge >= 0.3 is 5.97 Å². The van der Waals surface area contributed by atoms with Crippen LogP contribution >= 0.6 is 0 Å². The molecule has 0 fully saturated rings. The van der Waals surface area contributed by atoms with Crippen LogP contribution in [0.2, 0.25) is 0 Å². The van der Waals surface area contributed by atoms with Gasteiger partial charge in [-0.05, 0) is 41.5 Å². The standard InChI is InChI=1S/C14H24O6/c1-8(15)9(2)19-13(17)11(4)20-14(5,6)12(16)10(3)18-7/h9-11H,1-7H3. The second kappa shape index (κ2) is 7.50. The number of carbonyl (C=O) groups excluding carboxylic acids is 3. The smallest absolute Gasteiger partial charge is 0.335 e. The van der Waals surface area contributed by atoms with Gasteiger partial charge in [-0.2, -0.15) is 0 Å². The van der Waals surface area contributed by atoms with Crippen molar-refractivity contribution in [1.82, 2.24) is 0 Å². The molecule has 0 aromatic carbocycles. The molecule has 0 amide bonds. The zero-order valence-corrected chi connectivity index (χ0v) is 13.2. The van der Waals surface area contributed by atoms with E-state index in [9.17, 15) is 14.4 Å². The SMILES string of the molecule is COC(C)C(=O)C(C)(C)OC(C)C(=O)OC(C)C(C)=O. The molecule has 0 spiro atoms. The maximum absolute atomic E-state index is 12.0. The summed E-state index contributed by atoms with van der Waals surface area (Å²) >= 11 is 0. The van der Waals surface area contributed by atoms with E-state index in [0.29, 0.717) is 0 Å². The Hall–Kier alpha value is -1.27. The predicted octanol–water partition coefficient (Wildman–Crippen LogP) is 1.29. The van der Waals surface area contributed by atoms with Crippen molar-refractivity contribution in [3.05, 3.63) is 0 Å². The van der Waals surface area contributed by atoms with E-state index >= 15 is 0 Å². The van der Waals surface area contributed by atoms with Crippen LogP contribution in [0.1, 0.15) is 41.5 Å². The molecule has 0 heterocycles. The number of ether oxygens (including phenoxy) is 3. The van der Waals surface area contributed by atoms with Crippen LogP contribution in [0.5, 0.6) is 0 Å². The topological polar surface area (TPSA) is 78.9 Å². The fourth-order valence-corrected chi connectivity index (χ4v) is 1.50. The number of carbonyl (C=O) groups is 3. The van der Waals surface area contributed by atoms with Crippen molar-refractivity contribution >= 4 is 17.5 Å². The van der Waals surface area contributed by atoms with Crippen LogP contribution in [-0.4, -0.2) is 48.6 Å². The maximum Gasteiger partial charge on any atom is 0.335 e. The van der Waals surface area contributed by atoms with Crippen LogP contribution < -0.4 is 0 Å². The first kappa shape index (κ1) is 18.7. The van der Waals surface area contributed by atoms with E-state index in [1.165, 1.54) is 27.9 Å². The van der Waals surface area contributed by atoms with E-state index in [2.05, 4.69) is 0 Å². The third-order valence-electron chi connectivity index (χ3n) is 2.98. The summed E-state index contributed by atoms with van der Waals surface area (Å²) in [5, 5.41) is 0. The van der Waals surface area contributed by atoms with Crippen LogP contribution in [-0.2, 0) is 28.6 Å². The molecule has 0 saturated carbocycles. The van der Waals surface area contributed by atoms with E-state index in [0.717, 1.165) is 0 Å². The van der Waals surface area contributed by atoms with Crippen LogP contribution in [0.25, 0.3) is 0 Å². The Bertz CT molecular complexity index is 374. The average molecular weight is 288 g/mol. The summed E-state index contributed by atoms with van der Waals surface area (Å²) in [5.41, 5.74) is -1.19. The minimum atomic E-state index is -1.19. The summed E-state index contributed by atoms with van der Waals surface area (Å²) in [6.07, 6.45) is -2.42. The van der Waals surface area contributed by atoms with Gasteiger partial charge in [-0.1, -0.05) is 0 Å². The van der Waals surface area contributed by atoms with Crippen molar-refractivity contribution in [3.8, 4) is 0 Å². The quantitative estimate of drug-likeness (QED) is 0.626. The summed E-state index contributed by atoms with van der Waals surface area (Å²) in [5.74, 6) is -1.22. The molecule has 0 N–H and O–H groups in total. The Balaban J connectivity index is 4.65. The molecule has 0 aliphatic carbocycles. The van der Waals surface area contributed by atoms with Crippen molar-refractivity contribution < 1.29 is 28.6 Å². The summed E-state index contributed by atoms with van der Waals surface area (Å²) < 4.78 is 15.3. The molecular formula is C14H24O6. The number of hydrogen-bond acceptors (Lipinski definition) is 6. The van der Waals surface area contributed by atoms with Gasteiger partial charge in [0.05, 0.1) is 0 Å². The molecule has 0 aliphatic rings. The number of methoxy groups -OCH3 is 1. The molecule has 0 aromatic heterocycles. The molecule has 0 radical (unpaired) electrons. The lowest BCUT2D eigenvalue weighted by Gasteiger charge is -2.29. The van der Waals surface area contributed by atoms with Gasteiger partial charge < -0.3 is 14.2 Å². The molecule has 116 valence electrons. The minimum Gasteiger partial charge on any atom is -0.453 e. The minimum absolute atomic E-state index is 0.256. The first-order valence-corrected chi connectivity index (χ1v) is 6.48. The van der Waals surface area contributed by atoms with Gasteiger partial charge in [-0.25, -0.2) is 4.79 Å². The molecule has 0 rings (SSSR count). The van der Waals surface area contributed by atoms with Gasteiger partial charge in [-0.3, -0.25) is 9.59 Å². The van der Waals surface area contributed by atoms with Gasteiger partial charge in [0.2, 0.25) is 0 Å².